The maximum Gasteiger partial charge on any atom is 0.321 e. The second kappa shape index (κ2) is 7.96. The van der Waals surface area contributed by atoms with Crippen molar-refractivity contribution in [1.82, 2.24) is 9.88 Å². The standard InChI is InChI=1S/C16H24N4O4/c1-11-9-20(10-12(2)24-11)14-5-4-13(8-17-14)18-16(23)19(3)7-6-15(21)22/h4-5,8,11-12H,6-7,9-10H2,1-3H3,(H,18,23)(H,21,22). The van der Waals surface area contributed by atoms with Crippen LogP contribution in [0, 0.1) is 0 Å². The van der Waals surface area contributed by atoms with E-state index in [1.807, 2.05) is 19.9 Å². The molecule has 1 aromatic rings. The number of nitrogens with zero attached hydrogens (tertiary/aromatic N) is 3. The van der Waals surface area contributed by atoms with Crippen molar-refractivity contribution < 1.29 is 19.4 Å². The SMILES string of the molecule is CC1CN(c2ccc(NC(=O)N(C)CCC(=O)O)cn2)CC(C)O1. The normalized spacial score (nSPS) is 20.5. The number of hydrogen-bond donors (Lipinski definition) is 2. The van der Waals surface area contributed by atoms with E-state index in [1.165, 1.54) is 4.90 Å². The summed E-state index contributed by atoms with van der Waals surface area (Å²) in [5.74, 6) is -0.0936. The number of carboxylic acid groups (broad SMARTS) is 1. The van der Waals surface area contributed by atoms with Crippen molar-refractivity contribution in [2.45, 2.75) is 32.5 Å². The minimum absolute atomic E-state index is 0.0888. The molecule has 0 spiro atoms. The van der Waals surface area contributed by atoms with Crippen molar-refractivity contribution >= 4 is 23.5 Å². The van der Waals surface area contributed by atoms with Crippen molar-refractivity contribution in [3.05, 3.63) is 18.3 Å². The zero-order chi connectivity index (χ0) is 17.7. The van der Waals surface area contributed by atoms with E-state index in [4.69, 9.17) is 9.84 Å². The summed E-state index contributed by atoms with van der Waals surface area (Å²) in [6.45, 7) is 5.77. The predicted molar refractivity (Wildman–Crippen MR) is 90.4 cm³/mol. The Morgan fingerprint density at radius 1 is 1.38 bits per heavy atom. The smallest absolute Gasteiger partial charge is 0.321 e. The molecule has 1 aliphatic rings. The molecule has 0 bridgehead atoms. The van der Waals surface area contributed by atoms with Gasteiger partial charge in [0.1, 0.15) is 5.82 Å². The molecule has 132 valence electrons. The van der Waals surface area contributed by atoms with E-state index in [-0.39, 0.29) is 31.2 Å². The molecule has 8 nitrogen and oxygen atoms in total. The molecule has 1 aromatic heterocycles. The summed E-state index contributed by atoms with van der Waals surface area (Å²) in [5.41, 5.74) is 0.570. The third-order valence-electron chi connectivity index (χ3n) is 3.75. The molecule has 2 amide bonds. The van der Waals surface area contributed by atoms with Gasteiger partial charge in [-0.05, 0) is 26.0 Å². The van der Waals surface area contributed by atoms with Crippen LogP contribution < -0.4 is 10.2 Å². The van der Waals surface area contributed by atoms with Crippen molar-refractivity contribution in [1.29, 1.82) is 0 Å². The number of ether oxygens (including phenoxy) is 1. The predicted octanol–water partition coefficient (Wildman–Crippen LogP) is 1.63. The summed E-state index contributed by atoms with van der Waals surface area (Å²) >= 11 is 0. The number of hydrogen-bond acceptors (Lipinski definition) is 5. The maximum absolute atomic E-state index is 12.0. The second-order valence-corrected chi connectivity index (χ2v) is 6.06. The Morgan fingerprint density at radius 2 is 2.04 bits per heavy atom. The molecule has 24 heavy (non-hydrogen) atoms. The first-order valence-electron chi connectivity index (χ1n) is 7.95. The first-order chi connectivity index (χ1) is 11.3. The minimum atomic E-state index is -0.936. The molecule has 2 rings (SSSR count). The lowest BCUT2D eigenvalue weighted by atomic mass is 10.2. The van der Waals surface area contributed by atoms with Gasteiger partial charge in [-0.3, -0.25) is 4.79 Å². The summed E-state index contributed by atoms with van der Waals surface area (Å²) in [6, 6.07) is 3.28. The van der Waals surface area contributed by atoms with Gasteiger partial charge in [-0.15, -0.1) is 0 Å². The van der Waals surface area contributed by atoms with Gasteiger partial charge in [-0.1, -0.05) is 0 Å². The van der Waals surface area contributed by atoms with Gasteiger partial charge >= 0.3 is 12.0 Å². The van der Waals surface area contributed by atoms with Gasteiger partial charge in [0.05, 0.1) is 30.5 Å². The van der Waals surface area contributed by atoms with Gasteiger partial charge in [0.2, 0.25) is 0 Å². The van der Waals surface area contributed by atoms with Crippen LogP contribution in [0.3, 0.4) is 0 Å². The molecule has 8 heteroatoms. The number of morpholine rings is 1. The monoisotopic (exact) mass is 336 g/mol. The highest BCUT2D eigenvalue weighted by Crippen LogP contribution is 2.19. The van der Waals surface area contributed by atoms with E-state index in [0.717, 1.165) is 18.9 Å². The molecule has 1 aliphatic heterocycles. The zero-order valence-electron chi connectivity index (χ0n) is 14.2. The van der Waals surface area contributed by atoms with E-state index in [2.05, 4.69) is 15.2 Å². The van der Waals surface area contributed by atoms with Crippen LogP contribution in [0.5, 0.6) is 0 Å². The van der Waals surface area contributed by atoms with E-state index in [1.54, 1.807) is 19.3 Å². The fourth-order valence-electron chi connectivity index (χ4n) is 2.60. The Morgan fingerprint density at radius 3 is 2.58 bits per heavy atom. The Balaban J connectivity index is 1.92. The lowest BCUT2D eigenvalue weighted by Gasteiger charge is -2.36. The number of aliphatic carboxylic acids is 1. The number of anilines is 2. The number of carboxylic acids is 1. The Hall–Kier alpha value is -2.35. The van der Waals surface area contributed by atoms with E-state index in [0.29, 0.717) is 5.69 Å². The fourth-order valence-corrected chi connectivity index (χ4v) is 2.60. The van der Waals surface area contributed by atoms with Crippen LogP contribution in [0.25, 0.3) is 0 Å². The molecule has 1 fully saturated rings. The van der Waals surface area contributed by atoms with Crippen LogP contribution in [0.2, 0.25) is 0 Å². The van der Waals surface area contributed by atoms with Crippen molar-refractivity contribution in [3.63, 3.8) is 0 Å². The number of urea groups is 1. The minimum Gasteiger partial charge on any atom is -0.481 e. The molecule has 0 saturated carbocycles. The zero-order valence-corrected chi connectivity index (χ0v) is 14.2. The third kappa shape index (κ3) is 5.09. The van der Waals surface area contributed by atoms with Gasteiger partial charge in [0, 0.05) is 26.7 Å². The third-order valence-corrected chi connectivity index (χ3v) is 3.75. The average molecular weight is 336 g/mol. The summed E-state index contributed by atoms with van der Waals surface area (Å²) < 4.78 is 5.71. The van der Waals surface area contributed by atoms with Gasteiger partial charge in [0.15, 0.2) is 0 Å². The number of pyridine rings is 1. The number of amides is 2. The average Bonchev–Trinajstić information content (AvgIpc) is 2.52. The summed E-state index contributed by atoms with van der Waals surface area (Å²) in [4.78, 5) is 30.4. The molecule has 0 radical (unpaired) electrons. The second-order valence-electron chi connectivity index (χ2n) is 6.06. The van der Waals surface area contributed by atoms with Gasteiger partial charge in [-0.25, -0.2) is 9.78 Å². The number of nitrogens with one attached hydrogen (secondary N) is 1. The molecule has 0 aliphatic carbocycles. The van der Waals surface area contributed by atoms with E-state index < -0.39 is 5.97 Å². The quantitative estimate of drug-likeness (QED) is 0.849. The number of carbonyl (C=O) groups is 2. The Bertz CT molecular complexity index is 568. The summed E-state index contributed by atoms with van der Waals surface area (Å²) in [6.07, 6.45) is 1.81. The maximum atomic E-state index is 12.0. The summed E-state index contributed by atoms with van der Waals surface area (Å²) in [5, 5.41) is 11.3. The molecule has 2 atom stereocenters. The fraction of sp³-hybridized carbons (Fsp3) is 0.562. The number of aromatic nitrogens is 1. The van der Waals surface area contributed by atoms with E-state index >= 15 is 0 Å². The highest BCUT2D eigenvalue weighted by molar-refractivity contribution is 5.89. The Labute approximate surface area is 141 Å². The highest BCUT2D eigenvalue weighted by Gasteiger charge is 2.23. The first kappa shape index (κ1) is 18.0. The van der Waals surface area contributed by atoms with Crippen LogP contribution in [-0.4, -0.2) is 65.9 Å². The molecular formula is C16H24N4O4. The van der Waals surface area contributed by atoms with E-state index in [9.17, 15) is 9.59 Å². The van der Waals surface area contributed by atoms with Crippen molar-refractivity contribution in [2.75, 3.05) is 36.9 Å². The lowest BCUT2D eigenvalue weighted by Crippen LogP contribution is -2.45. The van der Waals surface area contributed by atoms with Crippen molar-refractivity contribution in [3.8, 4) is 0 Å². The molecule has 1 saturated heterocycles. The summed E-state index contributed by atoms with van der Waals surface area (Å²) in [7, 11) is 1.55. The molecule has 2 heterocycles. The van der Waals surface area contributed by atoms with Crippen LogP contribution >= 0.6 is 0 Å². The molecule has 0 aromatic carbocycles. The largest absolute Gasteiger partial charge is 0.481 e. The van der Waals surface area contributed by atoms with Gasteiger partial charge in [0.25, 0.3) is 0 Å². The highest BCUT2D eigenvalue weighted by atomic mass is 16.5. The van der Waals surface area contributed by atoms with Crippen LogP contribution in [0.4, 0.5) is 16.3 Å². The van der Waals surface area contributed by atoms with Gasteiger partial charge in [-0.2, -0.15) is 0 Å². The molecule has 2 unspecified atom stereocenters. The van der Waals surface area contributed by atoms with Crippen molar-refractivity contribution in [2.24, 2.45) is 0 Å². The number of carbonyl (C=O) groups excluding carboxylic acids is 1. The molecular weight excluding hydrogens is 312 g/mol. The number of rotatable bonds is 5. The molecule has 2 N–H and O–H groups in total. The lowest BCUT2D eigenvalue weighted by molar-refractivity contribution is -0.137. The van der Waals surface area contributed by atoms with Crippen LogP contribution in [0.1, 0.15) is 20.3 Å². The Kier molecular flexibility index (Phi) is 5.97. The van der Waals surface area contributed by atoms with Crippen LogP contribution in [0.15, 0.2) is 18.3 Å². The topological polar surface area (TPSA) is 95.0 Å². The first-order valence-corrected chi connectivity index (χ1v) is 7.95. The van der Waals surface area contributed by atoms with Gasteiger partial charge < -0.3 is 25.0 Å². The van der Waals surface area contributed by atoms with Crippen LogP contribution in [-0.2, 0) is 9.53 Å².